The number of allylic oxidation sites excluding steroid dienone is 1. The van der Waals surface area contributed by atoms with Gasteiger partial charge in [0.25, 0.3) is 0 Å². The molecule has 0 radical (unpaired) electrons. The molecule has 1 atom stereocenters. The summed E-state index contributed by atoms with van der Waals surface area (Å²) in [5.74, 6) is -2.02. The largest absolute Gasteiger partial charge is 0.419 e. The van der Waals surface area contributed by atoms with Gasteiger partial charge in [0.15, 0.2) is 5.78 Å². The molecule has 1 aliphatic heterocycles. The number of carbonyl (C=O) groups excluding carboxylic acids is 1. The first kappa shape index (κ1) is 19.0. The molecule has 4 nitrogen and oxygen atoms in total. The SMILES string of the molecule is O=C(C=CN1CCNCC1c1ccncc1)c1ccc(F)c(C(F)(F)F)c1. The molecule has 0 amide bonds. The van der Waals surface area contributed by atoms with Gasteiger partial charge in [0, 0.05) is 49.9 Å². The Bertz CT molecular complexity index is 837. The number of nitrogens with one attached hydrogen (secondary N) is 1. The summed E-state index contributed by atoms with van der Waals surface area (Å²) in [7, 11) is 0. The first-order chi connectivity index (χ1) is 12.9. The van der Waals surface area contributed by atoms with Crippen molar-refractivity contribution < 1.29 is 22.4 Å². The van der Waals surface area contributed by atoms with Gasteiger partial charge >= 0.3 is 6.18 Å². The van der Waals surface area contributed by atoms with Crippen LogP contribution in [0.2, 0.25) is 0 Å². The van der Waals surface area contributed by atoms with E-state index < -0.39 is 23.3 Å². The number of nitrogens with zero attached hydrogens (tertiary/aromatic N) is 2. The Morgan fingerprint density at radius 1 is 1.22 bits per heavy atom. The highest BCUT2D eigenvalue weighted by Gasteiger charge is 2.34. The number of piperazine rings is 1. The minimum absolute atomic E-state index is 0.0234. The number of hydrogen-bond acceptors (Lipinski definition) is 4. The Balaban J connectivity index is 1.79. The molecule has 1 fully saturated rings. The molecule has 0 bridgehead atoms. The fourth-order valence-corrected chi connectivity index (χ4v) is 2.95. The number of hydrogen-bond donors (Lipinski definition) is 1. The monoisotopic (exact) mass is 379 g/mol. The Morgan fingerprint density at radius 2 is 1.96 bits per heavy atom. The van der Waals surface area contributed by atoms with E-state index in [1.54, 1.807) is 18.6 Å². The predicted molar refractivity (Wildman–Crippen MR) is 91.4 cm³/mol. The lowest BCUT2D eigenvalue weighted by Crippen LogP contribution is -2.43. The normalized spacial score (nSPS) is 18.1. The highest BCUT2D eigenvalue weighted by molar-refractivity contribution is 6.04. The van der Waals surface area contributed by atoms with Crippen LogP contribution in [0.3, 0.4) is 0 Å². The summed E-state index contributed by atoms with van der Waals surface area (Å²) in [6.45, 7) is 2.01. The molecule has 1 aromatic carbocycles. The number of aromatic nitrogens is 1. The summed E-state index contributed by atoms with van der Waals surface area (Å²) >= 11 is 0. The highest BCUT2D eigenvalue weighted by atomic mass is 19.4. The van der Waals surface area contributed by atoms with E-state index in [1.165, 1.54) is 6.08 Å². The van der Waals surface area contributed by atoms with Crippen molar-refractivity contribution in [2.45, 2.75) is 12.2 Å². The number of halogens is 4. The molecule has 0 saturated carbocycles. The third-order valence-corrected chi connectivity index (χ3v) is 4.35. The van der Waals surface area contributed by atoms with Crippen molar-refractivity contribution in [1.82, 2.24) is 15.2 Å². The van der Waals surface area contributed by atoms with Crippen molar-refractivity contribution in [3.8, 4) is 0 Å². The summed E-state index contributed by atoms with van der Waals surface area (Å²) in [4.78, 5) is 18.2. The number of rotatable bonds is 4. The summed E-state index contributed by atoms with van der Waals surface area (Å²) in [6.07, 6.45) is 1.29. The molecule has 3 rings (SSSR count). The zero-order chi connectivity index (χ0) is 19.4. The molecular weight excluding hydrogens is 362 g/mol. The third kappa shape index (κ3) is 4.51. The lowest BCUT2D eigenvalue weighted by atomic mass is 10.0. The molecule has 2 aromatic rings. The number of pyridine rings is 1. The Labute approximate surface area is 153 Å². The first-order valence-electron chi connectivity index (χ1n) is 8.32. The number of alkyl halides is 3. The minimum Gasteiger partial charge on any atom is -0.368 e. The van der Waals surface area contributed by atoms with E-state index in [0.29, 0.717) is 25.2 Å². The van der Waals surface area contributed by atoms with E-state index in [-0.39, 0.29) is 11.6 Å². The lowest BCUT2D eigenvalue weighted by Gasteiger charge is -2.35. The maximum absolute atomic E-state index is 13.4. The van der Waals surface area contributed by atoms with E-state index >= 15 is 0 Å². The van der Waals surface area contributed by atoms with Crippen molar-refractivity contribution in [1.29, 1.82) is 0 Å². The van der Waals surface area contributed by atoms with E-state index in [0.717, 1.165) is 18.2 Å². The lowest BCUT2D eigenvalue weighted by molar-refractivity contribution is -0.140. The fraction of sp³-hybridized carbons (Fsp3) is 0.263. The molecule has 1 aromatic heterocycles. The zero-order valence-electron chi connectivity index (χ0n) is 14.2. The smallest absolute Gasteiger partial charge is 0.368 e. The molecule has 1 aliphatic rings. The van der Waals surface area contributed by atoms with Crippen molar-refractivity contribution in [2.75, 3.05) is 19.6 Å². The molecule has 142 valence electrons. The van der Waals surface area contributed by atoms with Crippen molar-refractivity contribution >= 4 is 5.78 Å². The molecule has 2 heterocycles. The van der Waals surface area contributed by atoms with Crippen molar-refractivity contribution in [2.24, 2.45) is 0 Å². The van der Waals surface area contributed by atoms with Crippen LogP contribution in [-0.4, -0.2) is 35.3 Å². The maximum Gasteiger partial charge on any atom is 0.419 e. The van der Waals surface area contributed by atoms with Gasteiger partial charge in [0.1, 0.15) is 5.82 Å². The molecule has 1 N–H and O–H groups in total. The molecule has 1 saturated heterocycles. The van der Waals surface area contributed by atoms with Crippen molar-refractivity contribution in [3.63, 3.8) is 0 Å². The number of carbonyl (C=O) groups is 1. The van der Waals surface area contributed by atoms with Crippen LogP contribution in [0.25, 0.3) is 0 Å². The van der Waals surface area contributed by atoms with Gasteiger partial charge in [-0.15, -0.1) is 0 Å². The average Bonchev–Trinajstić information content (AvgIpc) is 2.66. The second kappa shape index (κ2) is 7.87. The highest BCUT2D eigenvalue weighted by Crippen LogP contribution is 2.32. The quantitative estimate of drug-likeness (QED) is 0.501. The van der Waals surface area contributed by atoms with E-state index in [4.69, 9.17) is 0 Å². The van der Waals surface area contributed by atoms with Crippen LogP contribution in [-0.2, 0) is 6.18 Å². The van der Waals surface area contributed by atoms with E-state index in [2.05, 4.69) is 10.3 Å². The maximum atomic E-state index is 13.4. The summed E-state index contributed by atoms with van der Waals surface area (Å²) < 4.78 is 51.8. The molecule has 8 heteroatoms. The fourth-order valence-electron chi connectivity index (χ4n) is 2.95. The third-order valence-electron chi connectivity index (χ3n) is 4.35. The van der Waals surface area contributed by atoms with Gasteiger partial charge in [-0.1, -0.05) is 0 Å². The van der Waals surface area contributed by atoms with Gasteiger partial charge in [0.05, 0.1) is 11.6 Å². The van der Waals surface area contributed by atoms with Crippen LogP contribution in [0.15, 0.2) is 55.0 Å². The average molecular weight is 379 g/mol. The molecule has 27 heavy (non-hydrogen) atoms. The van der Waals surface area contributed by atoms with Crippen LogP contribution in [0.5, 0.6) is 0 Å². The number of benzene rings is 1. The topological polar surface area (TPSA) is 45.2 Å². The molecule has 0 aliphatic carbocycles. The summed E-state index contributed by atoms with van der Waals surface area (Å²) in [5.41, 5.74) is -0.649. The van der Waals surface area contributed by atoms with Crippen LogP contribution in [0.4, 0.5) is 17.6 Å². The molecular formula is C19H17F4N3O. The van der Waals surface area contributed by atoms with Crippen molar-refractivity contribution in [3.05, 3.63) is 77.5 Å². The van der Waals surface area contributed by atoms with Crippen LogP contribution in [0.1, 0.15) is 27.5 Å². The Morgan fingerprint density at radius 3 is 2.67 bits per heavy atom. The van der Waals surface area contributed by atoms with Gasteiger partial charge < -0.3 is 10.2 Å². The van der Waals surface area contributed by atoms with Gasteiger partial charge in [-0.05, 0) is 35.9 Å². The first-order valence-corrected chi connectivity index (χ1v) is 8.32. The zero-order valence-corrected chi connectivity index (χ0v) is 14.2. The standard InChI is InChI=1S/C19H17F4N3O/c20-16-2-1-14(11-15(16)19(21,22)23)18(27)5-9-26-10-8-25-12-17(26)13-3-6-24-7-4-13/h1-7,9,11,17,25H,8,10,12H2. The molecule has 0 spiro atoms. The Hall–Kier alpha value is -2.74. The van der Waals surface area contributed by atoms with E-state index in [9.17, 15) is 22.4 Å². The van der Waals surface area contributed by atoms with Crippen LogP contribution >= 0.6 is 0 Å². The van der Waals surface area contributed by atoms with Gasteiger partial charge in [0.2, 0.25) is 0 Å². The summed E-state index contributed by atoms with van der Waals surface area (Å²) in [6, 6.07) is 5.97. The second-order valence-corrected chi connectivity index (χ2v) is 6.11. The second-order valence-electron chi connectivity index (χ2n) is 6.11. The van der Waals surface area contributed by atoms with E-state index in [1.807, 2.05) is 17.0 Å². The van der Waals surface area contributed by atoms with Gasteiger partial charge in [-0.25, -0.2) is 4.39 Å². The van der Waals surface area contributed by atoms with Crippen LogP contribution in [0, 0.1) is 5.82 Å². The van der Waals surface area contributed by atoms with Gasteiger partial charge in [-0.3, -0.25) is 9.78 Å². The predicted octanol–water partition coefficient (Wildman–Crippen LogP) is 3.58. The summed E-state index contributed by atoms with van der Waals surface area (Å²) in [5, 5.41) is 3.27. The van der Waals surface area contributed by atoms with Crippen LogP contribution < -0.4 is 5.32 Å². The minimum atomic E-state index is -4.85. The van der Waals surface area contributed by atoms with Gasteiger partial charge in [-0.2, -0.15) is 13.2 Å². The number of ketones is 1. The molecule has 1 unspecified atom stereocenters. The Kier molecular flexibility index (Phi) is 5.55.